The predicted molar refractivity (Wildman–Crippen MR) is 158 cm³/mol. The van der Waals surface area contributed by atoms with Gasteiger partial charge in [0.25, 0.3) is 0 Å². The van der Waals surface area contributed by atoms with Crippen LogP contribution in [-0.4, -0.2) is 61.9 Å². The Bertz CT molecular complexity index is 1480. The van der Waals surface area contributed by atoms with Crippen molar-refractivity contribution < 1.29 is 19.3 Å². The van der Waals surface area contributed by atoms with E-state index >= 15 is 0 Å². The second kappa shape index (κ2) is 11.9. The first kappa shape index (κ1) is 28.8. The normalized spacial score (nSPS) is 13.8. The fraction of sp³-hybridized carbons (Fsp3) is 0.355. The molecule has 0 aliphatic heterocycles. The lowest BCUT2D eigenvalue weighted by Crippen LogP contribution is -2.39. The molecule has 2 aromatic carbocycles. The molecule has 2 atom stereocenters. The van der Waals surface area contributed by atoms with E-state index in [0.717, 1.165) is 43.3 Å². The van der Waals surface area contributed by atoms with Gasteiger partial charge in [-0.2, -0.15) is 0 Å². The largest absolute Gasteiger partial charge is 0.493 e. The lowest BCUT2D eigenvalue weighted by molar-refractivity contribution is 0.00219. The number of nitrogens with zero attached hydrogens (tertiary/aromatic N) is 3. The van der Waals surface area contributed by atoms with Crippen molar-refractivity contribution in [2.24, 2.45) is 0 Å². The molecule has 39 heavy (non-hydrogen) atoms. The van der Waals surface area contributed by atoms with Gasteiger partial charge in [0.1, 0.15) is 5.60 Å². The maximum absolute atomic E-state index is 13.1. The first-order valence-electron chi connectivity index (χ1n) is 12.8. The van der Waals surface area contributed by atoms with E-state index in [4.69, 9.17) is 19.2 Å². The van der Waals surface area contributed by atoms with Gasteiger partial charge in [-0.3, -0.25) is 4.98 Å². The fourth-order valence-corrected chi connectivity index (χ4v) is 5.62. The molecule has 0 spiro atoms. The van der Waals surface area contributed by atoms with Crippen LogP contribution in [0.5, 0.6) is 17.4 Å². The van der Waals surface area contributed by atoms with Gasteiger partial charge in [-0.1, -0.05) is 28.1 Å². The number of aryl methyl sites for hydroxylation is 2. The van der Waals surface area contributed by atoms with Crippen molar-refractivity contribution in [2.75, 3.05) is 42.0 Å². The number of para-hydroxylation sites is 1. The van der Waals surface area contributed by atoms with Crippen LogP contribution in [0.15, 0.2) is 59.2 Å². The molecule has 0 aliphatic carbocycles. The molecule has 8 heteroatoms. The number of fused-ring (bicyclic) bond motifs is 1. The van der Waals surface area contributed by atoms with Gasteiger partial charge in [0.05, 0.1) is 32.8 Å². The first-order valence-corrected chi connectivity index (χ1v) is 13.6. The molecule has 0 saturated heterocycles. The maximum atomic E-state index is 13.1. The Morgan fingerprint density at radius 2 is 1.74 bits per heavy atom. The van der Waals surface area contributed by atoms with E-state index in [1.165, 1.54) is 0 Å². The molecule has 7 nitrogen and oxygen atoms in total. The minimum Gasteiger partial charge on any atom is -0.493 e. The van der Waals surface area contributed by atoms with E-state index < -0.39 is 11.5 Å². The zero-order valence-electron chi connectivity index (χ0n) is 23.6. The average molecular weight is 595 g/mol. The Kier molecular flexibility index (Phi) is 8.79. The summed E-state index contributed by atoms with van der Waals surface area (Å²) in [5.41, 5.74) is 3.33. The smallest absolute Gasteiger partial charge is 0.217 e. The highest BCUT2D eigenvalue weighted by molar-refractivity contribution is 9.10. The molecule has 4 rings (SSSR count). The van der Waals surface area contributed by atoms with Crippen molar-refractivity contribution in [1.82, 2.24) is 14.9 Å². The minimum atomic E-state index is -1.42. The number of methoxy groups -OCH3 is 3. The average Bonchev–Trinajstić information content (AvgIpc) is 2.92. The molecular formula is C31H36BrN3O4. The summed E-state index contributed by atoms with van der Waals surface area (Å²) in [6.07, 6.45) is 2.23. The molecule has 4 aromatic rings. The van der Waals surface area contributed by atoms with E-state index in [2.05, 4.69) is 31.9 Å². The number of rotatable bonds is 10. The summed E-state index contributed by atoms with van der Waals surface area (Å²) in [5.74, 6) is 0.907. The first-order chi connectivity index (χ1) is 18.6. The molecule has 206 valence electrons. The third-order valence-electron chi connectivity index (χ3n) is 7.13. The van der Waals surface area contributed by atoms with Crippen LogP contribution in [0.3, 0.4) is 0 Å². The van der Waals surface area contributed by atoms with E-state index in [0.29, 0.717) is 30.3 Å². The van der Waals surface area contributed by atoms with E-state index in [-0.39, 0.29) is 0 Å². The summed E-state index contributed by atoms with van der Waals surface area (Å²) in [5, 5.41) is 14.0. The number of halogens is 1. The summed E-state index contributed by atoms with van der Waals surface area (Å²) in [6.45, 7) is 4.54. The number of hydrogen-bond donors (Lipinski definition) is 1. The molecule has 2 unspecified atom stereocenters. The summed E-state index contributed by atoms with van der Waals surface area (Å²) >= 11 is 3.59. The van der Waals surface area contributed by atoms with Gasteiger partial charge in [-0.15, -0.1) is 0 Å². The summed E-state index contributed by atoms with van der Waals surface area (Å²) in [4.78, 5) is 11.6. The molecule has 1 N–H and O–H groups in total. The van der Waals surface area contributed by atoms with Crippen LogP contribution in [0.1, 0.15) is 40.3 Å². The van der Waals surface area contributed by atoms with E-state index in [1.54, 1.807) is 21.3 Å². The van der Waals surface area contributed by atoms with Gasteiger partial charge in [0.15, 0.2) is 11.5 Å². The van der Waals surface area contributed by atoms with Crippen LogP contribution in [-0.2, 0) is 5.60 Å². The van der Waals surface area contributed by atoms with Gasteiger partial charge in [0.2, 0.25) is 5.88 Å². The van der Waals surface area contributed by atoms with Crippen molar-refractivity contribution in [1.29, 1.82) is 0 Å². The van der Waals surface area contributed by atoms with E-state index in [9.17, 15) is 5.11 Å². The number of ether oxygens (including phenoxy) is 3. The van der Waals surface area contributed by atoms with Crippen molar-refractivity contribution in [3.63, 3.8) is 0 Å². The van der Waals surface area contributed by atoms with Crippen LogP contribution in [0.2, 0.25) is 0 Å². The Morgan fingerprint density at radius 1 is 0.974 bits per heavy atom. The molecule has 2 heterocycles. The SMILES string of the molecule is COc1cccc(C(c2cc3cc(Br)ccc3nc2OC)C(O)(CCN(C)C)c2cc(C)cnc2C)c1OC. The van der Waals surface area contributed by atoms with Gasteiger partial charge in [-0.25, -0.2) is 4.98 Å². The predicted octanol–water partition coefficient (Wildman–Crippen LogP) is 6.01. The second-order valence-corrected chi connectivity index (χ2v) is 11.0. The summed E-state index contributed by atoms with van der Waals surface area (Å²) < 4.78 is 18.4. The summed E-state index contributed by atoms with van der Waals surface area (Å²) in [6, 6.07) is 15.7. The molecule has 0 saturated carbocycles. The zero-order chi connectivity index (χ0) is 28.3. The number of benzene rings is 2. The lowest BCUT2D eigenvalue weighted by atomic mass is 9.70. The Hall–Kier alpha value is -3.20. The van der Waals surface area contributed by atoms with Gasteiger partial charge >= 0.3 is 0 Å². The molecule has 0 radical (unpaired) electrons. The second-order valence-electron chi connectivity index (χ2n) is 10.1. The molecule has 0 amide bonds. The van der Waals surface area contributed by atoms with Crippen LogP contribution >= 0.6 is 15.9 Å². The number of pyridine rings is 2. The molecule has 2 aromatic heterocycles. The third-order valence-corrected chi connectivity index (χ3v) is 7.62. The van der Waals surface area contributed by atoms with E-state index in [1.807, 2.05) is 76.6 Å². The number of hydrogen-bond acceptors (Lipinski definition) is 7. The Labute approximate surface area is 238 Å². The van der Waals surface area contributed by atoms with Crippen molar-refractivity contribution in [2.45, 2.75) is 31.8 Å². The Balaban J connectivity index is 2.15. The Morgan fingerprint density at radius 3 is 2.41 bits per heavy atom. The van der Waals surface area contributed by atoms with Crippen LogP contribution in [0, 0.1) is 13.8 Å². The monoisotopic (exact) mass is 593 g/mol. The topological polar surface area (TPSA) is 76.9 Å². The zero-order valence-corrected chi connectivity index (χ0v) is 25.2. The number of aromatic nitrogens is 2. The highest BCUT2D eigenvalue weighted by Crippen LogP contribution is 2.51. The van der Waals surface area contributed by atoms with Crippen LogP contribution in [0.4, 0.5) is 0 Å². The molecule has 0 fully saturated rings. The molecule has 0 bridgehead atoms. The maximum Gasteiger partial charge on any atom is 0.217 e. The highest BCUT2D eigenvalue weighted by atomic mass is 79.9. The summed E-state index contributed by atoms with van der Waals surface area (Å²) in [7, 11) is 8.83. The minimum absolute atomic E-state index is 0.413. The quantitative estimate of drug-likeness (QED) is 0.241. The third kappa shape index (κ3) is 5.73. The van der Waals surface area contributed by atoms with Gasteiger partial charge < -0.3 is 24.2 Å². The lowest BCUT2D eigenvalue weighted by Gasteiger charge is -2.40. The fourth-order valence-electron chi connectivity index (χ4n) is 5.24. The standard InChI is InChI=1S/C31H36BrN3O4/c1-19-15-25(20(2)33-18-19)31(36,13-14-35(3)4)28(23-9-8-10-27(37-5)29(23)38-6)24-17-21-16-22(32)11-12-26(21)34-30(24)39-7/h8-12,15-18,28,36H,13-14H2,1-7H3. The van der Waals surface area contributed by atoms with Crippen molar-refractivity contribution in [3.05, 3.63) is 87.1 Å². The van der Waals surface area contributed by atoms with Crippen molar-refractivity contribution >= 4 is 26.8 Å². The van der Waals surface area contributed by atoms with Crippen LogP contribution < -0.4 is 14.2 Å². The van der Waals surface area contributed by atoms with Gasteiger partial charge in [0, 0.05) is 45.0 Å². The number of aliphatic hydroxyl groups is 1. The van der Waals surface area contributed by atoms with Gasteiger partial charge in [-0.05, 0) is 76.3 Å². The molecule has 0 aliphatic rings. The van der Waals surface area contributed by atoms with Crippen LogP contribution in [0.25, 0.3) is 10.9 Å². The highest BCUT2D eigenvalue weighted by Gasteiger charge is 2.45. The van der Waals surface area contributed by atoms with Crippen molar-refractivity contribution in [3.8, 4) is 17.4 Å². The molecular weight excluding hydrogens is 558 g/mol.